The molecule has 0 atom stereocenters. The van der Waals surface area contributed by atoms with Gasteiger partial charge in [-0.15, -0.1) is 0 Å². The molecule has 0 unspecified atom stereocenters. The monoisotopic (exact) mass is 119 g/mol. The van der Waals surface area contributed by atoms with Gasteiger partial charge in [-0.25, -0.2) is 0 Å². The summed E-state index contributed by atoms with van der Waals surface area (Å²) in [7, 11) is 0. The highest BCUT2D eigenvalue weighted by Gasteiger charge is 1.84. The molecule has 0 saturated carbocycles. The third-order valence-electron chi connectivity index (χ3n) is 0.568. The van der Waals surface area contributed by atoms with Crippen LogP contribution in [0.5, 0.6) is 0 Å². The van der Waals surface area contributed by atoms with Gasteiger partial charge in [0.2, 0.25) is 0 Å². The van der Waals surface area contributed by atoms with E-state index in [2.05, 4.69) is 0 Å². The Labute approximate surface area is 47.6 Å². The van der Waals surface area contributed by atoms with Gasteiger partial charge in [-0.05, 0) is 25.4 Å². The maximum Gasteiger partial charge on any atom is 0.0247 e. The van der Waals surface area contributed by atoms with Crippen molar-refractivity contribution >= 4 is 17.8 Å². The third-order valence-corrected chi connectivity index (χ3v) is 0.955. The summed E-state index contributed by atoms with van der Waals surface area (Å²) in [5.41, 5.74) is 0.626. The zero-order valence-electron chi connectivity index (χ0n) is 4.27. The second kappa shape index (κ2) is 4.15. The molecule has 42 valence electrons. The van der Waals surface area contributed by atoms with E-state index in [1.165, 1.54) is 0 Å². The summed E-state index contributed by atoms with van der Waals surface area (Å²) < 4.78 is 8.14. The maximum atomic E-state index is 8.14. The SMILES string of the molecule is CC(=N)CCSO. The average molecular weight is 119 g/mol. The van der Waals surface area contributed by atoms with E-state index in [9.17, 15) is 0 Å². The molecule has 0 fully saturated rings. The van der Waals surface area contributed by atoms with Crippen LogP contribution in [0.3, 0.4) is 0 Å². The summed E-state index contributed by atoms with van der Waals surface area (Å²) in [6.07, 6.45) is 0.696. The lowest BCUT2D eigenvalue weighted by atomic mass is 10.3. The first-order chi connectivity index (χ1) is 3.27. The van der Waals surface area contributed by atoms with E-state index < -0.39 is 0 Å². The fourth-order valence-electron chi connectivity index (χ4n) is 0.199. The van der Waals surface area contributed by atoms with Crippen molar-refractivity contribution in [3.63, 3.8) is 0 Å². The maximum absolute atomic E-state index is 8.14. The summed E-state index contributed by atoms with van der Waals surface area (Å²) in [5.74, 6) is 0.648. The van der Waals surface area contributed by atoms with Crippen LogP contribution in [0.25, 0.3) is 0 Å². The number of rotatable bonds is 3. The lowest BCUT2D eigenvalue weighted by Crippen LogP contribution is -1.88. The van der Waals surface area contributed by atoms with Crippen molar-refractivity contribution in [1.29, 1.82) is 5.41 Å². The van der Waals surface area contributed by atoms with Gasteiger partial charge in [-0.3, -0.25) is 0 Å². The Kier molecular flexibility index (Phi) is 4.14. The van der Waals surface area contributed by atoms with Crippen LogP contribution in [-0.2, 0) is 0 Å². The van der Waals surface area contributed by atoms with E-state index in [0.717, 1.165) is 12.0 Å². The molecule has 0 radical (unpaired) electrons. The van der Waals surface area contributed by atoms with Gasteiger partial charge in [0.05, 0.1) is 0 Å². The normalized spacial score (nSPS) is 8.86. The van der Waals surface area contributed by atoms with Gasteiger partial charge in [0.1, 0.15) is 0 Å². The second-order valence-electron chi connectivity index (χ2n) is 1.36. The average Bonchev–Trinajstić information content (AvgIpc) is 1.61. The molecule has 0 bridgehead atoms. The summed E-state index contributed by atoms with van der Waals surface area (Å²) in [6.45, 7) is 1.73. The Hall–Kier alpha value is -0.0200. The quantitative estimate of drug-likeness (QED) is 0.438. The molecule has 2 N–H and O–H groups in total. The van der Waals surface area contributed by atoms with Crippen LogP contribution in [-0.4, -0.2) is 16.0 Å². The van der Waals surface area contributed by atoms with Crippen molar-refractivity contribution in [2.45, 2.75) is 13.3 Å². The van der Waals surface area contributed by atoms with Crippen molar-refractivity contribution in [1.82, 2.24) is 0 Å². The van der Waals surface area contributed by atoms with Gasteiger partial charge in [-0.1, -0.05) is 0 Å². The Morgan fingerprint density at radius 2 is 2.43 bits per heavy atom. The van der Waals surface area contributed by atoms with Crippen LogP contribution in [0, 0.1) is 5.41 Å². The standard InChI is InChI=1S/C4H9NOS/c1-4(5)2-3-7-6/h5-6H,2-3H2,1H3. The minimum Gasteiger partial charge on any atom is -0.330 e. The molecule has 0 heterocycles. The van der Waals surface area contributed by atoms with E-state index >= 15 is 0 Å². The molecule has 0 saturated heterocycles. The van der Waals surface area contributed by atoms with Crippen molar-refractivity contribution < 1.29 is 4.55 Å². The first-order valence-electron chi connectivity index (χ1n) is 2.07. The van der Waals surface area contributed by atoms with E-state index in [-0.39, 0.29) is 0 Å². The summed E-state index contributed by atoms with van der Waals surface area (Å²) in [6, 6.07) is 0. The predicted molar refractivity (Wildman–Crippen MR) is 33.1 cm³/mol. The Balaban J connectivity index is 2.82. The molecule has 0 aromatic rings. The molecular weight excluding hydrogens is 110 g/mol. The predicted octanol–water partition coefficient (Wildman–Crippen LogP) is 1.62. The number of hydrogen-bond acceptors (Lipinski definition) is 3. The van der Waals surface area contributed by atoms with Gasteiger partial charge in [0, 0.05) is 11.5 Å². The Bertz CT molecular complexity index is 64.7. The third kappa shape index (κ3) is 5.98. The van der Waals surface area contributed by atoms with Crippen LogP contribution in [0.15, 0.2) is 0 Å². The van der Waals surface area contributed by atoms with Crippen molar-refractivity contribution in [2.24, 2.45) is 0 Å². The highest BCUT2D eigenvalue weighted by atomic mass is 32.2. The van der Waals surface area contributed by atoms with Crippen LogP contribution < -0.4 is 0 Å². The molecular formula is C4H9NOS. The largest absolute Gasteiger partial charge is 0.330 e. The van der Waals surface area contributed by atoms with Crippen LogP contribution >= 0.6 is 12.0 Å². The van der Waals surface area contributed by atoms with Crippen molar-refractivity contribution in [3.05, 3.63) is 0 Å². The van der Waals surface area contributed by atoms with E-state index in [1.807, 2.05) is 0 Å². The molecule has 0 rings (SSSR count). The lowest BCUT2D eigenvalue weighted by Gasteiger charge is -1.88. The molecule has 0 aromatic heterocycles. The van der Waals surface area contributed by atoms with E-state index in [1.54, 1.807) is 6.92 Å². The number of nitrogens with one attached hydrogen (secondary N) is 1. The van der Waals surface area contributed by atoms with Crippen LogP contribution in [0.4, 0.5) is 0 Å². The van der Waals surface area contributed by atoms with Crippen LogP contribution in [0.1, 0.15) is 13.3 Å². The summed E-state index contributed by atoms with van der Waals surface area (Å²) in [4.78, 5) is 0. The minimum absolute atomic E-state index is 0.626. The molecule has 0 aliphatic heterocycles. The Morgan fingerprint density at radius 1 is 1.86 bits per heavy atom. The van der Waals surface area contributed by atoms with Crippen molar-refractivity contribution in [3.8, 4) is 0 Å². The molecule has 0 aliphatic rings. The first kappa shape index (κ1) is 6.98. The van der Waals surface area contributed by atoms with Gasteiger partial charge >= 0.3 is 0 Å². The zero-order valence-corrected chi connectivity index (χ0v) is 5.09. The molecule has 2 nitrogen and oxygen atoms in total. The summed E-state index contributed by atoms with van der Waals surface area (Å²) in [5, 5.41) is 6.87. The van der Waals surface area contributed by atoms with Gasteiger partial charge < -0.3 is 9.96 Å². The summed E-state index contributed by atoms with van der Waals surface area (Å²) >= 11 is 0.789. The van der Waals surface area contributed by atoms with E-state index in [4.69, 9.17) is 9.96 Å². The molecule has 3 heteroatoms. The molecule has 0 spiro atoms. The van der Waals surface area contributed by atoms with Gasteiger partial charge in [0.15, 0.2) is 0 Å². The molecule has 0 amide bonds. The minimum atomic E-state index is 0.626. The fourth-order valence-corrected chi connectivity index (χ4v) is 0.596. The second-order valence-corrected chi connectivity index (χ2v) is 2.03. The van der Waals surface area contributed by atoms with Gasteiger partial charge in [-0.2, -0.15) is 0 Å². The zero-order chi connectivity index (χ0) is 5.70. The highest BCUT2D eigenvalue weighted by molar-refractivity contribution is 7.93. The Morgan fingerprint density at radius 3 is 2.57 bits per heavy atom. The first-order valence-corrected chi connectivity index (χ1v) is 3.02. The topological polar surface area (TPSA) is 44.1 Å². The van der Waals surface area contributed by atoms with Gasteiger partial charge in [0.25, 0.3) is 0 Å². The molecule has 7 heavy (non-hydrogen) atoms. The molecule has 0 aliphatic carbocycles. The van der Waals surface area contributed by atoms with Crippen molar-refractivity contribution in [2.75, 3.05) is 5.75 Å². The molecule has 0 aromatic carbocycles. The fraction of sp³-hybridized carbons (Fsp3) is 0.750. The number of hydrogen-bond donors (Lipinski definition) is 2. The highest BCUT2D eigenvalue weighted by Crippen LogP contribution is 1.94. The smallest absolute Gasteiger partial charge is 0.0247 e. The van der Waals surface area contributed by atoms with Crippen LogP contribution in [0.2, 0.25) is 0 Å². The lowest BCUT2D eigenvalue weighted by molar-refractivity contribution is 0.663. The van der Waals surface area contributed by atoms with E-state index in [0.29, 0.717) is 17.9 Å².